The summed E-state index contributed by atoms with van der Waals surface area (Å²) in [6, 6.07) is 28.1. The van der Waals surface area contributed by atoms with Crippen LogP contribution in [0.15, 0.2) is 103 Å². The molecule has 0 radical (unpaired) electrons. The van der Waals surface area contributed by atoms with E-state index in [9.17, 15) is 9.90 Å². The van der Waals surface area contributed by atoms with Gasteiger partial charge in [0, 0.05) is 30.1 Å². The predicted octanol–water partition coefficient (Wildman–Crippen LogP) is 5.60. The van der Waals surface area contributed by atoms with Crippen LogP contribution < -0.4 is 5.32 Å². The Balaban J connectivity index is 1.44. The summed E-state index contributed by atoms with van der Waals surface area (Å²) in [7, 11) is 0. The minimum absolute atomic E-state index is 0.110. The highest BCUT2D eigenvalue weighted by atomic mass is 16.3. The van der Waals surface area contributed by atoms with Crippen molar-refractivity contribution in [2.45, 2.75) is 13.0 Å². The Morgan fingerprint density at radius 2 is 1.58 bits per heavy atom. The first kappa shape index (κ1) is 23.2. The van der Waals surface area contributed by atoms with Crippen LogP contribution in [0.5, 0.6) is 0 Å². The molecule has 3 aromatic carbocycles. The second kappa shape index (κ2) is 10.8. The monoisotopic (exact) mass is 474 g/mol. The molecule has 2 heterocycles. The SMILES string of the molecule is O=C(C(=C(O)c1cccc(CNCCc2ccncc2)c1)c1nc2ccccc2[nH]1)c1ccccc1. The molecule has 5 rings (SSSR count). The summed E-state index contributed by atoms with van der Waals surface area (Å²) in [4.78, 5) is 25.4. The number of aliphatic hydroxyl groups excluding tert-OH is 1. The molecule has 0 atom stereocenters. The fraction of sp³-hybridized carbons (Fsp3) is 0.100. The van der Waals surface area contributed by atoms with Crippen LogP contribution in [-0.2, 0) is 13.0 Å². The van der Waals surface area contributed by atoms with Gasteiger partial charge in [-0.05, 0) is 54.4 Å². The molecule has 0 unspecified atom stereocenters. The van der Waals surface area contributed by atoms with Crippen molar-refractivity contribution in [3.63, 3.8) is 0 Å². The van der Waals surface area contributed by atoms with Gasteiger partial charge in [0.05, 0.1) is 11.0 Å². The molecule has 0 amide bonds. The van der Waals surface area contributed by atoms with Gasteiger partial charge in [0.2, 0.25) is 5.78 Å². The molecule has 0 aliphatic heterocycles. The van der Waals surface area contributed by atoms with Crippen molar-refractivity contribution in [3.8, 4) is 0 Å². The molecule has 3 N–H and O–H groups in total. The lowest BCUT2D eigenvalue weighted by molar-refractivity contribution is 0.105. The number of hydrogen-bond donors (Lipinski definition) is 3. The highest BCUT2D eigenvalue weighted by Crippen LogP contribution is 2.28. The van der Waals surface area contributed by atoms with E-state index < -0.39 is 0 Å². The van der Waals surface area contributed by atoms with Crippen molar-refractivity contribution in [1.82, 2.24) is 20.3 Å². The van der Waals surface area contributed by atoms with E-state index in [4.69, 9.17) is 0 Å². The predicted molar refractivity (Wildman–Crippen MR) is 142 cm³/mol. The fourth-order valence-electron chi connectivity index (χ4n) is 4.12. The first-order valence-electron chi connectivity index (χ1n) is 11.9. The Morgan fingerprint density at radius 1 is 0.833 bits per heavy atom. The first-order valence-corrected chi connectivity index (χ1v) is 11.9. The van der Waals surface area contributed by atoms with Gasteiger partial charge in [-0.25, -0.2) is 4.98 Å². The third-order valence-corrected chi connectivity index (χ3v) is 6.00. The summed E-state index contributed by atoms with van der Waals surface area (Å²) < 4.78 is 0. The summed E-state index contributed by atoms with van der Waals surface area (Å²) in [5.41, 5.74) is 4.93. The van der Waals surface area contributed by atoms with E-state index in [0.717, 1.165) is 29.6 Å². The van der Waals surface area contributed by atoms with Gasteiger partial charge >= 0.3 is 0 Å². The van der Waals surface area contributed by atoms with Crippen LogP contribution in [0.3, 0.4) is 0 Å². The average Bonchev–Trinajstić information content (AvgIpc) is 3.36. The number of aliphatic hydroxyl groups is 1. The van der Waals surface area contributed by atoms with E-state index in [-0.39, 0.29) is 17.1 Å². The normalized spacial score (nSPS) is 11.9. The molecule has 178 valence electrons. The average molecular weight is 475 g/mol. The summed E-state index contributed by atoms with van der Waals surface area (Å²) in [5.74, 6) is -0.0713. The second-order valence-electron chi connectivity index (χ2n) is 8.50. The lowest BCUT2D eigenvalue weighted by atomic mass is 9.98. The molecule has 0 saturated carbocycles. The summed E-state index contributed by atoms with van der Waals surface area (Å²) in [5, 5.41) is 14.8. The number of benzene rings is 3. The lowest BCUT2D eigenvalue weighted by Gasteiger charge is -2.11. The molecule has 0 spiro atoms. The smallest absolute Gasteiger partial charge is 0.200 e. The number of H-pyrrole nitrogens is 1. The maximum Gasteiger partial charge on any atom is 0.200 e. The van der Waals surface area contributed by atoms with E-state index in [2.05, 4.69) is 20.3 Å². The van der Waals surface area contributed by atoms with Gasteiger partial charge in [-0.2, -0.15) is 0 Å². The van der Waals surface area contributed by atoms with Crippen LogP contribution in [0.4, 0.5) is 0 Å². The Kier molecular flexibility index (Phi) is 6.96. The molecule has 0 aliphatic rings. The minimum Gasteiger partial charge on any atom is -0.506 e. The minimum atomic E-state index is -0.298. The summed E-state index contributed by atoms with van der Waals surface area (Å²) >= 11 is 0. The number of nitrogens with zero attached hydrogens (tertiary/aromatic N) is 2. The molecule has 0 aliphatic carbocycles. The number of Topliss-reactive ketones (excluding diaryl/α,β-unsaturated/α-hetero) is 1. The second-order valence-corrected chi connectivity index (χ2v) is 8.50. The number of imidazole rings is 1. The van der Waals surface area contributed by atoms with Gasteiger partial charge < -0.3 is 15.4 Å². The number of hydrogen-bond acceptors (Lipinski definition) is 5. The van der Waals surface area contributed by atoms with Gasteiger partial charge in [0.25, 0.3) is 0 Å². The van der Waals surface area contributed by atoms with E-state index in [0.29, 0.717) is 23.5 Å². The van der Waals surface area contributed by atoms with Gasteiger partial charge in [-0.15, -0.1) is 0 Å². The molecule has 0 saturated heterocycles. The summed E-state index contributed by atoms with van der Waals surface area (Å²) in [6.07, 6.45) is 4.49. The van der Waals surface area contributed by atoms with Crippen molar-refractivity contribution in [2.24, 2.45) is 0 Å². The molecule has 36 heavy (non-hydrogen) atoms. The Hall–Kier alpha value is -4.55. The molecule has 2 aromatic heterocycles. The van der Waals surface area contributed by atoms with Crippen LogP contribution >= 0.6 is 0 Å². The van der Waals surface area contributed by atoms with Gasteiger partial charge in [-0.1, -0.05) is 60.7 Å². The number of fused-ring (bicyclic) bond motifs is 1. The zero-order chi connectivity index (χ0) is 24.7. The Bertz CT molecular complexity index is 1480. The Morgan fingerprint density at radius 3 is 2.39 bits per heavy atom. The molecule has 6 heteroatoms. The largest absolute Gasteiger partial charge is 0.506 e. The molecule has 0 bridgehead atoms. The van der Waals surface area contributed by atoms with E-state index in [1.165, 1.54) is 5.56 Å². The van der Waals surface area contributed by atoms with Crippen molar-refractivity contribution >= 4 is 28.1 Å². The standard InChI is InChI=1S/C30H26N4O2/c35-28(23-8-2-1-3-9-23)27(30-33-25-11-4-5-12-26(25)34-30)29(36)24-10-6-7-22(19-24)20-32-18-15-21-13-16-31-17-14-21/h1-14,16-17,19,32,36H,15,18,20H2,(H,33,34). The van der Waals surface area contributed by atoms with E-state index in [1.807, 2.05) is 60.7 Å². The van der Waals surface area contributed by atoms with Crippen LogP contribution in [0, 0.1) is 0 Å². The van der Waals surface area contributed by atoms with Crippen LogP contribution in [0.1, 0.15) is 32.9 Å². The number of carbonyl (C=O) groups excluding carboxylic acids is 1. The number of rotatable bonds is 9. The van der Waals surface area contributed by atoms with E-state index >= 15 is 0 Å². The third-order valence-electron chi connectivity index (χ3n) is 6.00. The maximum absolute atomic E-state index is 13.6. The van der Waals surface area contributed by atoms with Crippen molar-refractivity contribution in [2.75, 3.05) is 6.54 Å². The van der Waals surface area contributed by atoms with Gasteiger partial charge in [0.15, 0.2) is 0 Å². The number of ketones is 1. The topological polar surface area (TPSA) is 90.9 Å². The van der Waals surface area contributed by atoms with Crippen LogP contribution in [-0.4, -0.2) is 32.4 Å². The molecule has 5 aromatic rings. The van der Waals surface area contributed by atoms with Crippen molar-refractivity contribution in [3.05, 3.63) is 131 Å². The highest BCUT2D eigenvalue weighted by Gasteiger charge is 2.23. The number of allylic oxidation sites excluding steroid dienone is 1. The van der Waals surface area contributed by atoms with Crippen molar-refractivity contribution < 1.29 is 9.90 Å². The zero-order valence-corrected chi connectivity index (χ0v) is 19.7. The molecule has 0 fully saturated rings. The number of aromatic amines is 1. The lowest BCUT2D eigenvalue weighted by Crippen LogP contribution is -2.16. The number of para-hydroxylation sites is 2. The van der Waals surface area contributed by atoms with Gasteiger partial charge in [-0.3, -0.25) is 9.78 Å². The molecule has 6 nitrogen and oxygen atoms in total. The fourth-order valence-corrected chi connectivity index (χ4v) is 4.12. The quantitative estimate of drug-likeness (QED) is 0.112. The number of aromatic nitrogens is 3. The third kappa shape index (κ3) is 5.24. The maximum atomic E-state index is 13.6. The number of carbonyl (C=O) groups is 1. The van der Waals surface area contributed by atoms with Crippen LogP contribution in [0.2, 0.25) is 0 Å². The number of nitrogens with one attached hydrogen (secondary N) is 2. The zero-order valence-electron chi connectivity index (χ0n) is 19.7. The van der Waals surface area contributed by atoms with Gasteiger partial charge in [0.1, 0.15) is 17.2 Å². The first-order chi connectivity index (χ1) is 17.7. The highest BCUT2D eigenvalue weighted by molar-refractivity contribution is 6.33. The molecular formula is C30H26N4O2. The van der Waals surface area contributed by atoms with Crippen molar-refractivity contribution in [1.29, 1.82) is 0 Å². The Labute approximate surface area is 209 Å². The molecular weight excluding hydrogens is 448 g/mol. The number of pyridine rings is 1. The van der Waals surface area contributed by atoms with E-state index in [1.54, 1.807) is 42.7 Å². The van der Waals surface area contributed by atoms with Crippen LogP contribution in [0.25, 0.3) is 22.4 Å². The summed E-state index contributed by atoms with van der Waals surface area (Å²) in [6.45, 7) is 1.45.